The van der Waals surface area contributed by atoms with E-state index in [2.05, 4.69) is 50.0 Å². The van der Waals surface area contributed by atoms with Gasteiger partial charge in [-0.25, -0.2) is 9.97 Å². The van der Waals surface area contributed by atoms with Crippen LogP contribution < -0.4 is 11.1 Å². The van der Waals surface area contributed by atoms with Crippen LogP contribution >= 0.6 is 15.9 Å². The third-order valence-corrected chi connectivity index (χ3v) is 3.21. The SMILES string of the molecule is CCN(CC)CCNc1ncnc(N)c1Br. The lowest BCUT2D eigenvalue weighted by Crippen LogP contribution is -2.28. The Labute approximate surface area is 105 Å². The Morgan fingerprint density at radius 3 is 2.69 bits per heavy atom. The quantitative estimate of drug-likeness (QED) is 0.832. The summed E-state index contributed by atoms with van der Waals surface area (Å²) in [7, 11) is 0. The van der Waals surface area contributed by atoms with E-state index in [1.165, 1.54) is 6.33 Å². The molecule has 0 aliphatic carbocycles. The van der Waals surface area contributed by atoms with Gasteiger partial charge in [0.2, 0.25) is 0 Å². The number of halogens is 1. The van der Waals surface area contributed by atoms with Crippen LogP contribution in [0.15, 0.2) is 10.8 Å². The average molecular weight is 288 g/mol. The summed E-state index contributed by atoms with van der Waals surface area (Å²) < 4.78 is 0.731. The molecule has 6 heteroatoms. The Kier molecular flexibility index (Phi) is 5.48. The molecule has 0 radical (unpaired) electrons. The Balaban J connectivity index is 2.46. The monoisotopic (exact) mass is 287 g/mol. The molecule has 0 bridgehead atoms. The van der Waals surface area contributed by atoms with Gasteiger partial charge in [-0.3, -0.25) is 0 Å². The molecule has 0 aromatic carbocycles. The van der Waals surface area contributed by atoms with Crippen LogP contribution in [0.1, 0.15) is 13.8 Å². The van der Waals surface area contributed by atoms with Gasteiger partial charge in [0, 0.05) is 13.1 Å². The van der Waals surface area contributed by atoms with Crippen LogP contribution in [0.2, 0.25) is 0 Å². The Morgan fingerprint density at radius 2 is 2.06 bits per heavy atom. The molecule has 0 saturated carbocycles. The first kappa shape index (κ1) is 13.2. The van der Waals surface area contributed by atoms with Crippen LogP contribution in [0, 0.1) is 0 Å². The highest BCUT2D eigenvalue weighted by Gasteiger charge is 2.05. The van der Waals surface area contributed by atoms with Gasteiger partial charge in [-0.05, 0) is 29.0 Å². The molecule has 0 spiro atoms. The van der Waals surface area contributed by atoms with Crippen molar-refractivity contribution in [2.45, 2.75) is 13.8 Å². The standard InChI is InChI=1S/C10H18BrN5/c1-3-16(4-2)6-5-13-10-8(11)9(12)14-7-15-10/h7H,3-6H2,1-2H3,(H3,12,13,14,15). The van der Waals surface area contributed by atoms with Crippen LogP contribution in [0.25, 0.3) is 0 Å². The lowest BCUT2D eigenvalue weighted by Gasteiger charge is -2.18. The van der Waals surface area contributed by atoms with Crippen molar-refractivity contribution in [3.63, 3.8) is 0 Å². The fraction of sp³-hybridized carbons (Fsp3) is 0.600. The van der Waals surface area contributed by atoms with E-state index < -0.39 is 0 Å². The highest BCUT2D eigenvalue weighted by atomic mass is 79.9. The van der Waals surface area contributed by atoms with Crippen molar-refractivity contribution in [2.24, 2.45) is 0 Å². The van der Waals surface area contributed by atoms with Crippen LogP contribution in [-0.4, -0.2) is 41.0 Å². The van der Waals surface area contributed by atoms with E-state index in [1.807, 2.05) is 0 Å². The van der Waals surface area contributed by atoms with E-state index in [-0.39, 0.29) is 0 Å². The number of anilines is 2. The number of nitrogen functional groups attached to an aromatic ring is 1. The molecule has 0 aliphatic rings. The maximum Gasteiger partial charge on any atom is 0.145 e. The van der Waals surface area contributed by atoms with E-state index in [1.54, 1.807) is 0 Å². The first-order chi connectivity index (χ1) is 7.69. The molecule has 1 heterocycles. The first-order valence-corrected chi connectivity index (χ1v) is 6.20. The van der Waals surface area contributed by atoms with E-state index in [0.717, 1.165) is 36.5 Å². The zero-order valence-electron chi connectivity index (χ0n) is 9.70. The van der Waals surface area contributed by atoms with Crippen LogP contribution in [0.4, 0.5) is 11.6 Å². The van der Waals surface area contributed by atoms with Crippen molar-refractivity contribution >= 4 is 27.6 Å². The van der Waals surface area contributed by atoms with Crippen LogP contribution in [0.3, 0.4) is 0 Å². The number of nitrogens with two attached hydrogens (primary N) is 1. The molecule has 0 saturated heterocycles. The molecule has 90 valence electrons. The largest absolute Gasteiger partial charge is 0.383 e. The molecule has 1 rings (SSSR count). The van der Waals surface area contributed by atoms with Gasteiger partial charge >= 0.3 is 0 Å². The second-order valence-electron chi connectivity index (χ2n) is 3.38. The highest BCUT2D eigenvalue weighted by molar-refractivity contribution is 9.10. The van der Waals surface area contributed by atoms with E-state index in [4.69, 9.17) is 5.73 Å². The van der Waals surface area contributed by atoms with Gasteiger partial charge in [0.25, 0.3) is 0 Å². The number of nitrogens with one attached hydrogen (secondary N) is 1. The van der Waals surface area contributed by atoms with Gasteiger partial charge < -0.3 is 16.0 Å². The van der Waals surface area contributed by atoms with Gasteiger partial charge in [-0.2, -0.15) is 0 Å². The fourth-order valence-electron chi connectivity index (χ4n) is 1.38. The number of hydrogen-bond acceptors (Lipinski definition) is 5. The number of nitrogens with zero attached hydrogens (tertiary/aromatic N) is 3. The second kappa shape index (κ2) is 6.65. The molecule has 0 atom stereocenters. The number of rotatable bonds is 6. The summed E-state index contributed by atoms with van der Waals surface area (Å²) in [5.74, 6) is 1.21. The maximum absolute atomic E-state index is 5.66. The fourth-order valence-corrected chi connectivity index (χ4v) is 1.72. The molecule has 1 aromatic heterocycles. The molecule has 0 unspecified atom stereocenters. The summed E-state index contributed by atoms with van der Waals surface area (Å²) in [6.07, 6.45) is 1.46. The van der Waals surface area contributed by atoms with Gasteiger partial charge in [-0.15, -0.1) is 0 Å². The average Bonchev–Trinajstić information content (AvgIpc) is 2.30. The summed E-state index contributed by atoms with van der Waals surface area (Å²) >= 11 is 3.36. The molecule has 0 amide bonds. The first-order valence-electron chi connectivity index (χ1n) is 5.41. The molecule has 5 nitrogen and oxygen atoms in total. The number of aromatic nitrogens is 2. The number of hydrogen-bond donors (Lipinski definition) is 2. The lowest BCUT2D eigenvalue weighted by atomic mass is 10.4. The maximum atomic E-state index is 5.66. The molecule has 0 aliphatic heterocycles. The molecular weight excluding hydrogens is 270 g/mol. The van der Waals surface area contributed by atoms with Gasteiger partial charge in [-0.1, -0.05) is 13.8 Å². The minimum Gasteiger partial charge on any atom is -0.383 e. The lowest BCUT2D eigenvalue weighted by molar-refractivity contribution is 0.316. The zero-order valence-corrected chi connectivity index (χ0v) is 11.3. The van der Waals surface area contributed by atoms with Crippen LogP contribution in [0.5, 0.6) is 0 Å². The molecule has 16 heavy (non-hydrogen) atoms. The second-order valence-corrected chi connectivity index (χ2v) is 4.17. The van der Waals surface area contributed by atoms with Gasteiger partial charge in [0.1, 0.15) is 22.4 Å². The predicted molar refractivity (Wildman–Crippen MR) is 70.4 cm³/mol. The van der Waals surface area contributed by atoms with E-state index in [9.17, 15) is 0 Å². The van der Waals surface area contributed by atoms with Crippen molar-refractivity contribution < 1.29 is 0 Å². The van der Waals surface area contributed by atoms with E-state index >= 15 is 0 Å². The normalized spacial score (nSPS) is 10.8. The molecule has 3 N–H and O–H groups in total. The third-order valence-electron chi connectivity index (χ3n) is 2.43. The van der Waals surface area contributed by atoms with Crippen molar-refractivity contribution in [2.75, 3.05) is 37.2 Å². The molecule has 0 fully saturated rings. The van der Waals surface area contributed by atoms with Crippen molar-refractivity contribution in [1.29, 1.82) is 0 Å². The summed E-state index contributed by atoms with van der Waals surface area (Å²) in [5, 5.41) is 3.23. The molecule has 1 aromatic rings. The Morgan fingerprint density at radius 1 is 1.38 bits per heavy atom. The third kappa shape index (κ3) is 3.61. The number of likely N-dealkylation sites (N-methyl/N-ethyl adjacent to an activating group) is 1. The predicted octanol–water partition coefficient (Wildman–Crippen LogP) is 1.57. The van der Waals surface area contributed by atoms with E-state index in [0.29, 0.717) is 5.82 Å². The smallest absolute Gasteiger partial charge is 0.145 e. The zero-order chi connectivity index (χ0) is 12.0. The van der Waals surface area contributed by atoms with Gasteiger partial charge in [0.15, 0.2) is 0 Å². The van der Waals surface area contributed by atoms with Crippen molar-refractivity contribution in [3.8, 4) is 0 Å². The Hall–Kier alpha value is -0.880. The van der Waals surface area contributed by atoms with Crippen molar-refractivity contribution in [3.05, 3.63) is 10.8 Å². The van der Waals surface area contributed by atoms with Crippen LogP contribution in [-0.2, 0) is 0 Å². The summed E-state index contributed by atoms with van der Waals surface area (Å²) in [6, 6.07) is 0. The highest BCUT2D eigenvalue weighted by Crippen LogP contribution is 2.23. The topological polar surface area (TPSA) is 67.1 Å². The summed E-state index contributed by atoms with van der Waals surface area (Å²) in [6.45, 7) is 8.26. The minimum absolute atomic E-state index is 0.459. The minimum atomic E-state index is 0.459. The molecular formula is C10H18BrN5. The van der Waals surface area contributed by atoms with Gasteiger partial charge in [0.05, 0.1) is 0 Å². The summed E-state index contributed by atoms with van der Waals surface area (Å²) in [4.78, 5) is 10.3. The van der Waals surface area contributed by atoms with Crippen molar-refractivity contribution in [1.82, 2.24) is 14.9 Å². The summed E-state index contributed by atoms with van der Waals surface area (Å²) in [5.41, 5.74) is 5.66. The Bertz CT molecular complexity index is 327.